The van der Waals surface area contributed by atoms with Crippen LogP contribution in [0.3, 0.4) is 0 Å². The molecule has 1 aliphatic rings. The summed E-state index contributed by atoms with van der Waals surface area (Å²) in [6.45, 7) is 2.02. The van der Waals surface area contributed by atoms with Gasteiger partial charge in [0.2, 0.25) is 0 Å². The van der Waals surface area contributed by atoms with Crippen LogP contribution in [0.5, 0.6) is 0 Å². The Bertz CT molecular complexity index is 798. The predicted octanol–water partition coefficient (Wildman–Crippen LogP) is 2.88. The molecule has 0 N–H and O–H groups in total. The lowest BCUT2D eigenvalue weighted by molar-refractivity contribution is 0.310. The molecule has 96 valence electrons. The minimum Gasteiger partial charge on any atom is -0.302 e. The van der Waals surface area contributed by atoms with E-state index in [1.54, 1.807) is 11.3 Å². The van der Waals surface area contributed by atoms with Crippen LogP contribution in [0.2, 0.25) is 5.15 Å². The van der Waals surface area contributed by atoms with E-state index in [0.717, 1.165) is 39.9 Å². The molecule has 0 aliphatic carbocycles. The fourth-order valence-electron chi connectivity index (χ4n) is 2.57. The fraction of sp³-hybridized carbons (Fsp3) is 0.308. The van der Waals surface area contributed by atoms with Crippen LogP contribution in [0.15, 0.2) is 12.4 Å². The van der Waals surface area contributed by atoms with Crippen molar-refractivity contribution < 1.29 is 0 Å². The summed E-state index contributed by atoms with van der Waals surface area (Å²) in [5.41, 5.74) is 3.43. The Balaban J connectivity index is 2.06. The number of nitrogens with zero attached hydrogens (tertiary/aromatic N) is 4. The van der Waals surface area contributed by atoms with E-state index in [-0.39, 0.29) is 0 Å². The molecule has 0 saturated heterocycles. The van der Waals surface area contributed by atoms with E-state index in [0.29, 0.717) is 5.15 Å². The molecule has 3 aromatic heterocycles. The van der Waals surface area contributed by atoms with Gasteiger partial charge in [-0.2, -0.15) is 0 Å². The van der Waals surface area contributed by atoms with Gasteiger partial charge in [-0.1, -0.05) is 11.6 Å². The number of rotatable bonds is 0. The standard InChI is InChI=1S/C13H11ClN4S/c1-18-3-2-9-7(5-18)4-8-10-11(19-13(8)17-9)12(14)16-6-15-10/h4,6H,2-3,5H2,1H3. The van der Waals surface area contributed by atoms with Crippen molar-refractivity contribution in [3.8, 4) is 0 Å². The van der Waals surface area contributed by atoms with E-state index in [4.69, 9.17) is 16.6 Å². The molecular weight excluding hydrogens is 280 g/mol. The van der Waals surface area contributed by atoms with Crippen molar-refractivity contribution in [2.45, 2.75) is 13.0 Å². The quantitative estimate of drug-likeness (QED) is 0.597. The summed E-state index contributed by atoms with van der Waals surface area (Å²) in [5, 5.41) is 1.61. The first-order chi connectivity index (χ1) is 9.22. The molecule has 19 heavy (non-hydrogen) atoms. The van der Waals surface area contributed by atoms with Gasteiger partial charge in [-0.05, 0) is 18.7 Å². The highest BCUT2D eigenvalue weighted by Crippen LogP contribution is 2.36. The number of aromatic nitrogens is 3. The van der Waals surface area contributed by atoms with Gasteiger partial charge in [0.1, 0.15) is 16.3 Å². The first kappa shape index (κ1) is 11.5. The van der Waals surface area contributed by atoms with Gasteiger partial charge < -0.3 is 4.90 Å². The van der Waals surface area contributed by atoms with Crippen molar-refractivity contribution >= 4 is 43.4 Å². The zero-order valence-electron chi connectivity index (χ0n) is 10.4. The Morgan fingerprint density at radius 3 is 3.16 bits per heavy atom. The number of hydrogen-bond acceptors (Lipinski definition) is 5. The molecule has 4 heterocycles. The molecule has 0 spiro atoms. The first-order valence-corrected chi connectivity index (χ1v) is 7.32. The van der Waals surface area contributed by atoms with E-state index in [1.807, 2.05) is 0 Å². The molecule has 6 heteroatoms. The van der Waals surface area contributed by atoms with Gasteiger partial charge in [-0.3, -0.25) is 0 Å². The van der Waals surface area contributed by atoms with Gasteiger partial charge in [0, 0.05) is 30.6 Å². The van der Waals surface area contributed by atoms with Crippen molar-refractivity contribution in [2.75, 3.05) is 13.6 Å². The summed E-state index contributed by atoms with van der Waals surface area (Å²) in [7, 11) is 2.14. The second-order valence-electron chi connectivity index (χ2n) is 4.88. The van der Waals surface area contributed by atoms with Gasteiger partial charge in [0.15, 0.2) is 0 Å². The fourth-order valence-corrected chi connectivity index (χ4v) is 3.83. The predicted molar refractivity (Wildman–Crippen MR) is 77.8 cm³/mol. The molecule has 1 aliphatic heterocycles. The van der Waals surface area contributed by atoms with Crippen molar-refractivity contribution in [1.29, 1.82) is 0 Å². The van der Waals surface area contributed by atoms with Crippen molar-refractivity contribution in [3.05, 3.63) is 28.8 Å². The topological polar surface area (TPSA) is 41.9 Å². The van der Waals surface area contributed by atoms with Crippen LogP contribution in [0.1, 0.15) is 11.3 Å². The van der Waals surface area contributed by atoms with Crippen LogP contribution in [-0.2, 0) is 13.0 Å². The Kier molecular flexibility index (Phi) is 2.48. The number of hydrogen-bond donors (Lipinski definition) is 0. The summed E-state index contributed by atoms with van der Waals surface area (Å²) in [6, 6.07) is 2.22. The molecule has 4 rings (SSSR count). The lowest BCUT2D eigenvalue weighted by Crippen LogP contribution is -2.27. The average molecular weight is 291 g/mol. The zero-order chi connectivity index (χ0) is 13.0. The van der Waals surface area contributed by atoms with Crippen molar-refractivity contribution in [2.24, 2.45) is 0 Å². The minimum atomic E-state index is 0.517. The summed E-state index contributed by atoms with van der Waals surface area (Å²) in [4.78, 5) is 16.5. The van der Waals surface area contributed by atoms with Crippen LogP contribution < -0.4 is 0 Å². The summed E-state index contributed by atoms with van der Waals surface area (Å²) in [6.07, 6.45) is 2.53. The largest absolute Gasteiger partial charge is 0.302 e. The number of fused-ring (bicyclic) bond motifs is 4. The number of thiophene rings is 1. The van der Waals surface area contributed by atoms with Crippen LogP contribution in [0, 0.1) is 0 Å². The van der Waals surface area contributed by atoms with Crippen LogP contribution >= 0.6 is 22.9 Å². The number of pyridine rings is 1. The molecule has 0 fully saturated rings. The van der Waals surface area contributed by atoms with E-state index >= 15 is 0 Å². The zero-order valence-corrected chi connectivity index (χ0v) is 11.9. The number of halogens is 1. The second kappa shape index (κ2) is 4.10. The van der Waals surface area contributed by atoms with E-state index < -0.39 is 0 Å². The van der Waals surface area contributed by atoms with E-state index in [2.05, 4.69) is 28.0 Å². The lowest BCUT2D eigenvalue weighted by Gasteiger charge is -2.23. The molecule has 0 atom stereocenters. The van der Waals surface area contributed by atoms with Crippen LogP contribution in [-0.4, -0.2) is 33.4 Å². The normalized spacial score (nSPS) is 16.1. The van der Waals surface area contributed by atoms with E-state index in [9.17, 15) is 0 Å². The Morgan fingerprint density at radius 1 is 1.37 bits per heavy atom. The molecule has 0 radical (unpaired) electrons. The molecule has 0 bridgehead atoms. The third kappa shape index (κ3) is 1.73. The Morgan fingerprint density at radius 2 is 2.26 bits per heavy atom. The van der Waals surface area contributed by atoms with Crippen molar-refractivity contribution in [1.82, 2.24) is 19.9 Å². The molecule has 0 amide bonds. The highest BCUT2D eigenvalue weighted by Gasteiger charge is 2.18. The third-order valence-electron chi connectivity index (χ3n) is 3.54. The van der Waals surface area contributed by atoms with E-state index in [1.165, 1.54) is 17.6 Å². The highest BCUT2D eigenvalue weighted by molar-refractivity contribution is 7.25. The SMILES string of the molecule is CN1CCc2nc3sc4c(Cl)ncnc4c3cc2C1. The smallest absolute Gasteiger partial charge is 0.150 e. The summed E-state index contributed by atoms with van der Waals surface area (Å²) < 4.78 is 0.933. The molecule has 3 aromatic rings. The highest BCUT2D eigenvalue weighted by atomic mass is 35.5. The van der Waals surface area contributed by atoms with Crippen LogP contribution in [0.25, 0.3) is 20.4 Å². The van der Waals surface area contributed by atoms with Gasteiger partial charge >= 0.3 is 0 Å². The maximum Gasteiger partial charge on any atom is 0.150 e. The summed E-state index contributed by atoms with van der Waals surface area (Å²) in [5.74, 6) is 0. The molecule has 0 saturated carbocycles. The molecular formula is C13H11ClN4S. The molecule has 0 aromatic carbocycles. The average Bonchev–Trinajstić information content (AvgIpc) is 2.76. The minimum absolute atomic E-state index is 0.517. The Labute approximate surface area is 119 Å². The lowest BCUT2D eigenvalue weighted by atomic mass is 10.1. The first-order valence-electron chi connectivity index (χ1n) is 6.12. The van der Waals surface area contributed by atoms with Gasteiger partial charge in [0.25, 0.3) is 0 Å². The molecule has 0 unspecified atom stereocenters. The van der Waals surface area contributed by atoms with Gasteiger partial charge in [0.05, 0.1) is 10.2 Å². The maximum absolute atomic E-state index is 6.13. The molecule has 4 nitrogen and oxygen atoms in total. The van der Waals surface area contributed by atoms with Crippen LogP contribution in [0.4, 0.5) is 0 Å². The Hall–Kier alpha value is -1.30. The third-order valence-corrected chi connectivity index (χ3v) is 5.03. The van der Waals surface area contributed by atoms with Gasteiger partial charge in [-0.15, -0.1) is 11.3 Å². The maximum atomic E-state index is 6.13. The monoisotopic (exact) mass is 290 g/mol. The summed E-state index contributed by atoms with van der Waals surface area (Å²) >= 11 is 7.71. The second-order valence-corrected chi connectivity index (χ2v) is 6.24. The number of likely N-dealkylation sites (N-methyl/N-ethyl adjacent to an activating group) is 1. The van der Waals surface area contributed by atoms with Crippen molar-refractivity contribution in [3.63, 3.8) is 0 Å². The van der Waals surface area contributed by atoms with Gasteiger partial charge in [-0.25, -0.2) is 15.0 Å².